The van der Waals surface area contributed by atoms with Crippen molar-refractivity contribution in [3.63, 3.8) is 0 Å². The Hall–Kier alpha value is -2.14. The standard InChI is InChI=1S/C14H17N5/c1-18-6-7-19(13-5-3-2-4-12(13)18)14-16-9-11(8-15)10-17-14/h2-5,9-10H,6-8,15H2,1H3. The molecule has 1 aromatic carbocycles. The van der Waals surface area contributed by atoms with E-state index in [9.17, 15) is 0 Å². The van der Waals surface area contributed by atoms with Crippen molar-refractivity contribution in [3.8, 4) is 0 Å². The lowest BCUT2D eigenvalue weighted by molar-refractivity contribution is 0.799. The van der Waals surface area contributed by atoms with Gasteiger partial charge >= 0.3 is 0 Å². The van der Waals surface area contributed by atoms with Crippen molar-refractivity contribution in [3.05, 3.63) is 42.2 Å². The summed E-state index contributed by atoms with van der Waals surface area (Å²) in [7, 11) is 2.11. The summed E-state index contributed by atoms with van der Waals surface area (Å²) in [5.41, 5.74) is 8.88. The molecule has 0 saturated carbocycles. The summed E-state index contributed by atoms with van der Waals surface area (Å²) >= 11 is 0. The first-order valence-corrected chi connectivity index (χ1v) is 6.38. The summed E-state index contributed by atoms with van der Waals surface area (Å²) in [4.78, 5) is 13.2. The molecule has 98 valence electrons. The Kier molecular flexibility index (Phi) is 3.05. The molecule has 3 rings (SSSR count). The predicted molar refractivity (Wildman–Crippen MR) is 76.6 cm³/mol. The van der Waals surface area contributed by atoms with E-state index in [1.165, 1.54) is 5.69 Å². The molecule has 0 fully saturated rings. The number of anilines is 3. The maximum atomic E-state index is 5.57. The van der Waals surface area contributed by atoms with Crippen molar-refractivity contribution >= 4 is 17.3 Å². The van der Waals surface area contributed by atoms with Crippen LogP contribution in [0.2, 0.25) is 0 Å². The molecule has 0 unspecified atom stereocenters. The number of fused-ring (bicyclic) bond motifs is 1. The molecule has 1 aromatic heterocycles. The maximum absolute atomic E-state index is 5.57. The van der Waals surface area contributed by atoms with Crippen LogP contribution in [0.4, 0.5) is 17.3 Å². The van der Waals surface area contributed by atoms with E-state index in [1.807, 2.05) is 6.07 Å². The molecule has 0 radical (unpaired) electrons. The second-order valence-electron chi connectivity index (χ2n) is 4.66. The average Bonchev–Trinajstić information content (AvgIpc) is 2.48. The molecule has 5 nitrogen and oxygen atoms in total. The third kappa shape index (κ3) is 2.13. The van der Waals surface area contributed by atoms with E-state index < -0.39 is 0 Å². The Morgan fingerprint density at radius 3 is 2.47 bits per heavy atom. The van der Waals surface area contributed by atoms with Gasteiger partial charge in [0.2, 0.25) is 5.95 Å². The fourth-order valence-corrected chi connectivity index (χ4v) is 2.31. The van der Waals surface area contributed by atoms with Crippen molar-refractivity contribution < 1.29 is 0 Å². The molecule has 2 N–H and O–H groups in total. The SMILES string of the molecule is CN1CCN(c2ncc(CN)cn2)c2ccccc21. The van der Waals surface area contributed by atoms with Crippen molar-refractivity contribution in [2.24, 2.45) is 5.73 Å². The van der Waals surface area contributed by atoms with E-state index in [0.717, 1.165) is 30.3 Å². The second kappa shape index (κ2) is 4.85. The number of likely N-dealkylation sites (N-methyl/N-ethyl adjacent to an activating group) is 1. The third-order valence-corrected chi connectivity index (χ3v) is 3.41. The minimum atomic E-state index is 0.472. The molecule has 0 atom stereocenters. The Labute approximate surface area is 112 Å². The molecule has 1 aliphatic heterocycles. The van der Waals surface area contributed by atoms with Crippen LogP contribution < -0.4 is 15.5 Å². The second-order valence-corrected chi connectivity index (χ2v) is 4.66. The van der Waals surface area contributed by atoms with Crippen LogP contribution in [0.5, 0.6) is 0 Å². The molecule has 0 saturated heterocycles. The van der Waals surface area contributed by atoms with E-state index in [1.54, 1.807) is 12.4 Å². The lowest BCUT2D eigenvalue weighted by Crippen LogP contribution is -2.37. The van der Waals surface area contributed by atoms with Crippen molar-refractivity contribution in [1.29, 1.82) is 0 Å². The number of rotatable bonds is 2. The number of nitrogens with zero attached hydrogens (tertiary/aromatic N) is 4. The zero-order valence-electron chi connectivity index (χ0n) is 11.0. The normalized spacial score (nSPS) is 14.4. The first-order valence-electron chi connectivity index (χ1n) is 6.38. The van der Waals surface area contributed by atoms with Crippen LogP contribution in [0, 0.1) is 0 Å². The van der Waals surface area contributed by atoms with E-state index >= 15 is 0 Å². The summed E-state index contributed by atoms with van der Waals surface area (Å²) in [5.74, 6) is 0.734. The molecule has 2 heterocycles. The zero-order chi connectivity index (χ0) is 13.2. The van der Waals surface area contributed by atoms with Crippen LogP contribution in [0.3, 0.4) is 0 Å². The van der Waals surface area contributed by atoms with Crippen LogP contribution in [0.1, 0.15) is 5.56 Å². The Morgan fingerprint density at radius 2 is 1.79 bits per heavy atom. The minimum absolute atomic E-state index is 0.472. The molecule has 1 aliphatic rings. The summed E-state index contributed by atoms with van der Waals surface area (Å²) < 4.78 is 0. The monoisotopic (exact) mass is 255 g/mol. The molecule has 5 heteroatoms. The smallest absolute Gasteiger partial charge is 0.229 e. The number of para-hydroxylation sites is 2. The maximum Gasteiger partial charge on any atom is 0.229 e. The van der Waals surface area contributed by atoms with Crippen LogP contribution in [-0.4, -0.2) is 30.1 Å². The molecular weight excluding hydrogens is 238 g/mol. The molecule has 0 amide bonds. The van der Waals surface area contributed by atoms with Gasteiger partial charge < -0.3 is 15.5 Å². The van der Waals surface area contributed by atoms with Crippen LogP contribution in [0.25, 0.3) is 0 Å². The van der Waals surface area contributed by atoms with E-state index in [0.29, 0.717) is 6.54 Å². The van der Waals surface area contributed by atoms with Crippen molar-refractivity contribution in [2.45, 2.75) is 6.54 Å². The lowest BCUT2D eigenvalue weighted by atomic mass is 10.2. The molecule has 0 aliphatic carbocycles. The molecule has 19 heavy (non-hydrogen) atoms. The van der Waals surface area contributed by atoms with Gasteiger partial charge in [-0.05, 0) is 12.1 Å². The summed E-state index contributed by atoms with van der Waals surface area (Å²) in [5, 5.41) is 0. The van der Waals surface area contributed by atoms with Crippen LogP contribution in [-0.2, 0) is 6.54 Å². The van der Waals surface area contributed by atoms with Gasteiger partial charge in [-0.2, -0.15) is 0 Å². The van der Waals surface area contributed by atoms with E-state index in [2.05, 4.69) is 45.0 Å². The highest BCUT2D eigenvalue weighted by molar-refractivity contribution is 5.77. The number of nitrogens with two attached hydrogens (primary N) is 1. The first kappa shape index (κ1) is 11.9. The van der Waals surface area contributed by atoms with Gasteiger partial charge in [-0.1, -0.05) is 12.1 Å². The summed E-state index contributed by atoms with van der Waals surface area (Å²) in [6.45, 7) is 2.31. The van der Waals surface area contributed by atoms with Crippen LogP contribution in [0.15, 0.2) is 36.7 Å². The lowest BCUT2D eigenvalue weighted by Gasteiger charge is -2.35. The quantitative estimate of drug-likeness (QED) is 0.881. The highest BCUT2D eigenvalue weighted by atomic mass is 15.3. The Morgan fingerprint density at radius 1 is 1.11 bits per heavy atom. The molecule has 0 bridgehead atoms. The van der Waals surface area contributed by atoms with Gasteiger partial charge in [0, 0.05) is 44.6 Å². The molecular formula is C14H17N5. The topological polar surface area (TPSA) is 58.3 Å². The van der Waals surface area contributed by atoms with Gasteiger partial charge in [0.25, 0.3) is 0 Å². The summed E-state index contributed by atoms with van der Waals surface area (Å²) in [6.07, 6.45) is 3.59. The minimum Gasteiger partial charge on any atom is -0.371 e. The van der Waals surface area contributed by atoms with E-state index in [-0.39, 0.29) is 0 Å². The van der Waals surface area contributed by atoms with Gasteiger partial charge in [0.15, 0.2) is 0 Å². The first-order chi connectivity index (χ1) is 9.29. The van der Waals surface area contributed by atoms with Gasteiger partial charge in [0.1, 0.15) is 0 Å². The Bertz CT molecular complexity index is 566. The Balaban J connectivity index is 1.99. The van der Waals surface area contributed by atoms with Crippen LogP contribution >= 0.6 is 0 Å². The average molecular weight is 255 g/mol. The molecule has 2 aromatic rings. The molecule has 0 spiro atoms. The predicted octanol–water partition coefficient (Wildman–Crippen LogP) is 1.52. The van der Waals surface area contributed by atoms with Crippen molar-refractivity contribution in [1.82, 2.24) is 9.97 Å². The van der Waals surface area contributed by atoms with Crippen molar-refractivity contribution in [2.75, 3.05) is 29.9 Å². The largest absolute Gasteiger partial charge is 0.371 e. The van der Waals surface area contributed by atoms with Gasteiger partial charge in [-0.3, -0.25) is 0 Å². The third-order valence-electron chi connectivity index (χ3n) is 3.41. The fourth-order valence-electron chi connectivity index (χ4n) is 2.31. The number of hydrogen-bond donors (Lipinski definition) is 1. The van der Waals surface area contributed by atoms with Gasteiger partial charge in [-0.15, -0.1) is 0 Å². The van der Waals surface area contributed by atoms with Gasteiger partial charge in [-0.25, -0.2) is 9.97 Å². The number of hydrogen-bond acceptors (Lipinski definition) is 5. The highest BCUT2D eigenvalue weighted by Crippen LogP contribution is 2.34. The highest BCUT2D eigenvalue weighted by Gasteiger charge is 2.22. The fraction of sp³-hybridized carbons (Fsp3) is 0.286. The summed E-state index contributed by atoms with van der Waals surface area (Å²) in [6, 6.07) is 8.32. The number of aromatic nitrogens is 2. The zero-order valence-corrected chi connectivity index (χ0v) is 11.0. The van der Waals surface area contributed by atoms with E-state index in [4.69, 9.17) is 5.73 Å². The number of benzene rings is 1. The van der Waals surface area contributed by atoms with Gasteiger partial charge in [0.05, 0.1) is 11.4 Å².